The van der Waals surface area contributed by atoms with Gasteiger partial charge in [-0.05, 0) is 12.3 Å². The molecule has 0 amide bonds. The summed E-state index contributed by atoms with van der Waals surface area (Å²) in [7, 11) is 2.08. The first-order chi connectivity index (χ1) is 7.24. The molecular weight excluding hydrogens is 184 g/mol. The van der Waals surface area contributed by atoms with Gasteiger partial charge >= 0.3 is 0 Å². The van der Waals surface area contributed by atoms with Gasteiger partial charge in [-0.15, -0.1) is 0 Å². The Morgan fingerprint density at radius 2 is 2.13 bits per heavy atom. The van der Waals surface area contributed by atoms with Crippen LogP contribution in [-0.2, 0) is 13.5 Å². The van der Waals surface area contributed by atoms with Crippen molar-refractivity contribution in [2.75, 3.05) is 0 Å². The van der Waals surface area contributed by atoms with Gasteiger partial charge in [0.05, 0.1) is 6.33 Å². The lowest BCUT2D eigenvalue weighted by molar-refractivity contribution is 0.478. The van der Waals surface area contributed by atoms with Crippen LogP contribution in [0.2, 0.25) is 0 Å². The molecule has 0 aliphatic rings. The molecule has 0 spiro atoms. The quantitative estimate of drug-likeness (QED) is 0.626. The summed E-state index contributed by atoms with van der Waals surface area (Å²) in [4.78, 5) is 4.15. The summed E-state index contributed by atoms with van der Waals surface area (Å²) in [6.45, 7) is 4.61. The van der Waals surface area contributed by atoms with E-state index in [0.717, 1.165) is 5.92 Å². The van der Waals surface area contributed by atoms with E-state index in [1.54, 1.807) is 0 Å². The van der Waals surface area contributed by atoms with Crippen molar-refractivity contribution in [3.63, 3.8) is 0 Å². The average Bonchev–Trinajstić information content (AvgIpc) is 2.59. The Morgan fingerprint density at radius 3 is 2.73 bits per heavy atom. The summed E-state index contributed by atoms with van der Waals surface area (Å²) in [5, 5.41) is 0. The Morgan fingerprint density at radius 1 is 1.33 bits per heavy atom. The van der Waals surface area contributed by atoms with E-state index < -0.39 is 0 Å². The van der Waals surface area contributed by atoms with Gasteiger partial charge in [-0.3, -0.25) is 0 Å². The van der Waals surface area contributed by atoms with E-state index in [0.29, 0.717) is 0 Å². The topological polar surface area (TPSA) is 17.8 Å². The number of imidazole rings is 1. The van der Waals surface area contributed by atoms with Crippen LogP contribution in [0.4, 0.5) is 0 Å². The van der Waals surface area contributed by atoms with Gasteiger partial charge in [0.15, 0.2) is 0 Å². The molecule has 0 bridgehead atoms. The van der Waals surface area contributed by atoms with Crippen molar-refractivity contribution in [1.29, 1.82) is 0 Å². The molecule has 1 rings (SSSR count). The van der Waals surface area contributed by atoms with Crippen LogP contribution in [0, 0.1) is 5.92 Å². The van der Waals surface area contributed by atoms with Gasteiger partial charge < -0.3 is 4.57 Å². The van der Waals surface area contributed by atoms with Crippen LogP contribution >= 0.6 is 0 Å². The first-order valence-corrected chi connectivity index (χ1v) is 6.19. The van der Waals surface area contributed by atoms with E-state index in [-0.39, 0.29) is 0 Å². The number of hydrogen-bond acceptors (Lipinski definition) is 1. The second-order valence-corrected chi connectivity index (χ2v) is 4.65. The number of rotatable bonds is 7. The van der Waals surface area contributed by atoms with E-state index in [9.17, 15) is 0 Å². The molecule has 0 aliphatic carbocycles. The van der Waals surface area contributed by atoms with Crippen molar-refractivity contribution in [3.8, 4) is 0 Å². The second-order valence-electron chi connectivity index (χ2n) is 4.65. The minimum Gasteiger partial charge on any atom is -0.338 e. The van der Waals surface area contributed by atoms with Crippen molar-refractivity contribution >= 4 is 0 Å². The minimum absolute atomic E-state index is 0.789. The number of unbranched alkanes of at least 4 members (excludes halogenated alkanes) is 3. The van der Waals surface area contributed by atoms with Crippen LogP contribution in [0.25, 0.3) is 0 Å². The summed E-state index contributed by atoms with van der Waals surface area (Å²) in [5.41, 5.74) is 1.36. The van der Waals surface area contributed by atoms with Gasteiger partial charge in [0.2, 0.25) is 0 Å². The fraction of sp³-hybridized carbons (Fsp3) is 0.769. The third kappa shape index (κ3) is 4.50. The molecule has 1 atom stereocenters. The predicted octanol–water partition coefficient (Wildman–Crippen LogP) is 3.57. The predicted molar refractivity (Wildman–Crippen MR) is 64.8 cm³/mol. The van der Waals surface area contributed by atoms with Crippen molar-refractivity contribution in [2.45, 2.75) is 52.4 Å². The van der Waals surface area contributed by atoms with Gasteiger partial charge in [-0.25, -0.2) is 4.98 Å². The maximum Gasteiger partial charge on any atom is 0.0945 e. The fourth-order valence-corrected chi connectivity index (χ4v) is 1.96. The number of aryl methyl sites for hydroxylation is 1. The van der Waals surface area contributed by atoms with Crippen LogP contribution in [-0.4, -0.2) is 9.55 Å². The lowest BCUT2D eigenvalue weighted by atomic mass is 9.98. The standard InChI is InChI=1S/C13H24N2/c1-4-5-6-7-8-12(2)9-13-10-14-11-15(13)3/h10-12H,4-9H2,1-3H3. The van der Waals surface area contributed by atoms with Gasteiger partial charge in [-0.2, -0.15) is 0 Å². The zero-order valence-electron chi connectivity index (χ0n) is 10.4. The third-order valence-electron chi connectivity index (χ3n) is 3.02. The van der Waals surface area contributed by atoms with Crippen LogP contribution < -0.4 is 0 Å². The first kappa shape index (κ1) is 12.3. The third-order valence-corrected chi connectivity index (χ3v) is 3.02. The zero-order valence-corrected chi connectivity index (χ0v) is 10.4. The SMILES string of the molecule is CCCCCCC(C)Cc1cncn1C. The Hall–Kier alpha value is -0.790. The van der Waals surface area contributed by atoms with E-state index in [1.807, 2.05) is 12.5 Å². The summed E-state index contributed by atoms with van der Waals surface area (Å²) in [6, 6.07) is 0. The Bertz CT molecular complexity index is 265. The van der Waals surface area contributed by atoms with Crippen molar-refractivity contribution in [2.24, 2.45) is 13.0 Å². The molecule has 15 heavy (non-hydrogen) atoms. The monoisotopic (exact) mass is 208 g/mol. The molecule has 1 aromatic rings. The Balaban J connectivity index is 2.18. The second kappa shape index (κ2) is 6.65. The first-order valence-electron chi connectivity index (χ1n) is 6.19. The van der Waals surface area contributed by atoms with E-state index in [2.05, 4.69) is 30.4 Å². The van der Waals surface area contributed by atoms with Crippen LogP contribution in [0.1, 0.15) is 51.6 Å². The molecule has 1 aromatic heterocycles. The van der Waals surface area contributed by atoms with Crippen molar-refractivity contribution in [3.05, 3.63) is 18.2 Å². The number of hydrogen-bond donors (Lipinski definition) is 0. The smallest absolute Gasteiger partial charge is 0.0945 e. The largest absolute Gasteiger partial charge is 0.338 e. The Kier molecular flexibility index (Phi) is 5.44. The highest BCUT2D eigenvalue weighted by atomic mass is 15.0. The van der Waals surface area contributed by atoms with Gasteiger partial charge in [-0.1, -0.05) is 46.0 Å². The summed E-state index contributed by atoms with van der Waals surface area (Å²) in [5.74, 6) is 0.789. The van der Waals surface area contributed by atoms with Crippen LogP contribution in [0.5, 0.6) is 0 Å². The molecule has 1 heterocycles. The molecule has 0 aromatic carbocycles. The molecule has 86 valence electrons. The van der Waals surface area contributed by atoms with Gasteiger partial charge in [0.1, 0.15) is 0 Å². The summed E-state index contributed by atoms with van der Waals surface area (Å²) < 4.78 is 2.13. The van der Waals surface area contributed by atoms with Crippen molar-refractivity contribution < 1.29 is 0 Å². The van der Waals surface area contributed by atoms with Crippen molar-refractivity contribution in [1.82, 2.24) is 9.55 Å². The molecule has 0 fully saturated rings. The molecule has 2 heteroatoms. The molecule has 0 aliphatic heterocycles. The normalized spacial score (nSPS) is 13.0. The van der Waals surface area contributed by atoms with E-state index >= 15 is 0 Å². The van der Waals surface area contributed by atoms with Gasteiger partial charge in [0.25, 0.3) is 0 Å². The highest BCUT2D eigenvalue weighted by molar-refractivity contribution is 4.98. The Labute approximate surface area is 93.7 Å². The minimum atomic E-state index is 0.789. The molecule has 0 N–H and O–H groups in total. The fourth-order valence-electron chi connectivity index (χ4n) is 1.96. The lowest BCUT2D eigenvalue weighted by Gasteiger charge is -2.11. The van der Waals surface area contributed by atoms with Crippen LogP contribution in [0.3, 0.4) is 0 Å². The molecule has 0 saturated carbocycles. The maximum absolute atomic E-state index is 4.15. The molecule has 2 nitrogen and oxygen atoms in total. The van der Waals surface area contributed by atoms with E-state index in [1.165, 1.54) is 44.2 Å². The maximum atomic E-state index is 4.15. The van der Waals surface area contributed by atoms with Gasteiger partial charge in [0, 0.05) is 18.9 Å². The van der Waals surface area contributed by atoms with Crippen LogP contribution in [0.15, 0.2) is 12.5 Å². The zero-order chi connectivity index (χ0) is 11.1. The average molecular weight is 208 g/mol. The highest BCUT2D eigenvalue weighted by Crippen LogP contribution is 2.15. The van der Waals surface area contributed by atoms with E-state index in [4.69, 9.17) is 0 Å². The lowest BCUT2D eigenvalue weighted by Crippen LogP contribution is -2.03. The molecule has 1 unspecified atom stereocenters. The molecule has 0 saturated heterocycles. The molecular formula is C13H24N2. The summed E-state index contributed by atoms with van der Waals surface area (Å²) in [6.07, 6.45) is 11.9. The highest BCUT2D eigenvalue weighted by Gasteiger charge is 2.06. The number of aromatic nitrogens is 2. The summed E-state index contributed by atoms with van der Waals surface area (Å²) >= 11 is 0. The molecule has 0 radical (unpaired) electrons. The number of nitrogens with zero attached hydrogens (tertiary/aromatic N) is 2.